The van der Waals surface area contributed by atoms with E-state index in [-0.39, 0.29) is 19.1 Å². The zero-order chi connectivity index (χ0) is 37.9. The second-order valence-electron chi connectivity index (χ2n) is 13.9. The second-order valence-corrected chi connectivity index (χ2v) is 15.4. The Hall–Kier alpha value is -2.32. The number of likely N-dealkylation sites (N-methyl/N-ethyl adjacent to an activating group) is 1. The highest BCUT2D eigenvalue weighted by Crippen LogP contribution is 2.43. The maximum absolute atomic E-state index is 12.8. The van der Waals surface area contributed by atoms with Gasteiger partial charge >= 0.3 is 7.82 Å². The summed E-state index contributed by atoms with van der Waals surface area (Å²) in [4.78, 5) is 22.9. The number of unbranched alkanes of at least 4 members (excludes halogenated alkanes) is 8. The summed E-state index contributed by atoms with van der Waals surface area (Å²) in [6, 6.07) is -0.875. The highest BCUT2D eigenvalue weighted by molar-refractivity contribution is 7.47. The van der Waals surface area contributed by atoms with Crippen molar-refractivity contribution in [2.24, 2.45) is 0 Å². The van der Waals surface area contributed by atoms with Crippen molar-refractivity contribution in [3.05, 3.63) is 85.1 Å². The number of rotatable bonds is 33. The van der Waals surface area contributed by atoms with Crippen molar-refractivity contribution in [3.63, 3.8) is 0 Å². The normalized spacial score (nSPS) is 15.5. The van der Waals surface area contributed by atoms with Gasteiger partial charge in [0.05, 0.1) is 39.9 Å². The van der Waals surface area contributed by atoms with E-state index >= 15 is 0 Å². The lowest BCUT2D eigenvalue weighted by Crippen LogP contribution is -2.45. The van der Waals surface area contributed by atoms with Gasteiger partial charge in [0.2, 0.25) is 5.91 Å². The number of quaternary nitrogens is 1. The molecule has 0 radical (unpaired) electrons. The molecule has 0 aromatic rings. The Morgan fingerprint density at radius 1 is 0.686 bits per heavy atom. The van der Waals surface area contributed by atoms with Gasteiger partial charge in [-0.15, -0.1) is 0 Å². The molecule has 8 nitrogen and oxygen atoms in total. The second kappa shape index (κ2) is 33.5. The number of carbonyl (C=O) groups is 1. The fourth-order valence-corrected chi connectivity index (χ4v) is 5.45. The van der Waals surface area contributed by atoms with Crippen LogP contribution < -0.4 is 5.32 Å². The Morgan fingerprint density at radius 2 is 1.20 bits per heavy atom. The molecule has 0 spiro atoms. The van der Waals surface area contributed by atoms with E-state index in [0.29, 0.717) is 17.4 Å². The van der Waals surface area contributed by atoms with Crippen LogP contribution >= 0.6 is 7.82 Å². The molecule has 51 heavy (non-hydrogen) atoms. The first-order chi connectivity index (χ1) is 24.5. The molecule has 0 saturated heterocycles. The maximum Gasteiger partial charge on any atom is 0.472 e. The third-order valence-corrected chi connectivity index (χ3v) is 8.83. The van der Waals surface area contributed by atoms with E-state index in [2.05, 4.69) is 92.1 Å². The van der Waals surface area contributed by atoms with E-state index < -0.39 is 20.0 Å². The lowest BCUT2D eigenvalue weighted by atomic mass is 10.1. The minimum absolute atomic E-state index is 0.0465. The van der Waals surface area contributed by atoms with Gasteiger partial charge < -0.3 is 19.8 Å². The Morgan fingerprint density at radius 3 is 1.80 bits per heavy atom. The molecule has 3 unspecified atom stereocenters. The number of aliphatic hydroxyl groups is 1. The van der Waals surface area contributed by atoms with E-state index in [1.54, 1.807) is 6.08 Å². The minimum Gasteiger partial charge on any atom is -0.387 e. The summed E-state index contributed by atoms with van der Waals surface area (Å²) >= 11 is 0. The molecule has 292 valence electrons. The Bertz CT molecular complexity index is 1100. The summed E-state index contributed by atoms with van der Waals surface area (Å²) in [6.07, 6.45) is 45.2. The van der Waals surface area contributed by atoms with Crippen LogP contribution in [0.5, 0.6) is 0 Å². The molecule has 1 amide bonds. The summed E-state index contributed by atoms with van der Waals surface area (Å²) in [7, 11) is 1.52. The molecule has 0 fully saturated rings. The fraction of sp³-hybridized carbons (Fsp3) is 0.643. The van der Waals surface area contributed by atoms with Crippen LogP contribution in [-0.4, -0.2) is 73.4 Å². The van der Waals surface area contributed by atoms with Crippen molar-refractivity contribution in [2.45, 2.75) is 135 Å². The Balaban J connectivity index is 4.44. The molecular weight excluding hydrogens is 659 g/mol. The first-order valence-corrected chi connectivity index (χ1v) is 21.0. The van der Waals surface area contributed by atoms with Crippen LogP contribution in [0.2, 0.25) is 0 Å². The number of phosphoric acid groups is 1. The molecule has 0 aliphatic carbocycles. The van der Waals surface area contributed by atoms with Gasteiger partial charge in [0, 0.05) is 6.42 Å². The SMILES string of the molecule is CC/C=C\C/C=C\C/C=C\C/C=C\C/C=C\CCCCCCCC(=O)NC(COP(=O)(O)OCC[N+](C)(C)C)C(O)/C=C/CC/C=C/CCCC. The van der Waals surface area contributed by atoms with E-state index in [1.807, 2.05) is 27.2 Å². The quantitative estimate of drug-likeness (QED) is 0.0268. The van der Waals surface area contributed by atoms with Crippen molar-refractivity contribution in [2.75, 3.05) is 40.9 Å². The molecule has 0 saturated carbocycles. The predicted molar refractivity (Wildman–Crippen MR) is 216 cm³/mol. The van der Waals surface area contributed by atoms with Crippen molar-refractivity contribution in [1.29, 1.82) is 0 Å². The molecule has 0 aliphatic heterocycles. The van der Waals surface area contributed by atoms with E-state index in [1.165, 1.54) is 12.8 Å². The van der Waals surface area contributed by atoms with Crippen molar-refractivity contribution in [1.82, 2.24) is 5.32 Å². The topological polar surface area (TPSA) is 105 Å². The van der Waals surface area contributed by atoms with E-state index in [9.17, 15) is 19.4 Å². The zero-order valence-electron chi connectivity index (χ0n) is 32.8. The van der Waals surface area contributed by atoms with Crippen LogP contribution in [0.25, 0.3) is 0 Å². The maximum atomic E-state index is 12.8. The Labute approximate surface area is 312 Å². The van der Waals surface area contributed by atoms with Crippen LogP contribution in [0.4, 0.5) is 0 Å². The van der Waals surface area contributed by atoms with E-state index in [0.717, 1.165) is 89.9 Å². The number of aliphatic hydroxyl groups excluding tert-OH is 1. The van der Waals surface area contributed by atoms with Gasteiger partial charge in [-0.05, 0) is 70.6 Å². The summed E-state index contributed by atoms with van der Waals surface area (Å²) < 4.78 is 23.4. The average Bonchev–Trinajstić information content (AvgIpc) is 3.07. The number of phosphoric ester groups is 1. The van der Waals surface area contributed by atoms with E-state index in [4.69, 9.17) is 9.05 Å². The number of carbonyl (C=O) groups excluding carboxylic acids is 1. The van der Waals surface area contributed by atoms with Gasteiger partial charge in [-0.3, -0.25) is 13.8 Å². The summed E-state index contributed by atoms with van der Waals surface area (Å²) in [6.45, 7) is 4.54. The first kappa shape index (κ1) is 48.7. The number of hydrogen-bond donors (Lipinski definition) is 3. The fourth-order valence-electron chi connectivity index (χ4n) is 4.71. The van der Waals surface area contributed by atoms with Crippen molar-refractivity contribution >= 4 is 13.7 Å². The molecule has 0 heterocycles. The largest absolute Gasteiger partial charge is 0.472 e. The molecule has 0 aromatic carbocycles. The highest BCUT2D eigenvalue weighted by Gasteiger charge is 2.27. The van der Waals surface area contributed by atoms with Crippen LogP contribution in [-0.2, 0) is 18.4 Å². The van der Waals surface area contributed by atoms with Crippen LogP contribution in [0.3, 0.4) is 0 Å². The van der Waals surface area contributed by atoms with Crippen molar-refractivity contribution in [3.8, 4) is 0 Å². The number of nitrogens with zero attached hydrogens (tertiary/aromatic N) is 1. The minimum atomic E-state index is -4.34. The third kappa shape index (κ3) is 35.9. The van der Waals surface area contributed by atoms with Gasteiger partial charge in [-0.1, -0.05) is 131 Å². The molecule has 0 aliphatic rings. The van der Waals surface area contributed by atoms with Gasteiger partial charge in [0.15, 0.2) is 0 Å². The smallest absolute Gasteiger partial charge is 0.387 e. The first-order valence-electron chi connectivity index (χ1n) is 19.5. The van der Waals surface area contributed by atoms with Crippen LogP contribution in [0.1, 0.15) is 123 Å². The number of nitrogens with one attached hydrogen (secondary N) is 1. The number of hydrogen-bond acceptors (Lipinski definition) is 5. The van der Waals surface area contributed by atoms with Gasteiger partial charge in [0.25, 0.3) is 0 Å². The molecule has 3 atom stereocenters. The average molecular weight is 734 g/mol. The van der Waals surface area contributed by atoms with Crippen molar-refractivity contribution < 1.29 is 32.9 Å². The van der Waals surface area contributed by atoms with Crippen LogP contribution in [0.15, 0.2) is 85.1 Å². The highest BCUT2D eigenvalue weighted by atomic mass is 31.2. The molecule has 0 aromatic heterocycles. The zero-order valence-corrected chi connectivity index (χ0v) is 33.7. The molecule has 3 N–H and O–H groups in total. The van der Waals surface area contributed by atoms with Gasteiger partial charge in [0.1, 0.15) is 13.2 Å². The molecule has 0 bridgehead atoms. The third-order valence-electron chi connectivity index (χ3n) is 7.85. The number of allylic oxidation sites excluding steroid dienone is 13. The molecular formula is C42H74N2O6P+. The summed E-state index contributed by atoms with van der Waals surface area (Å²) in [5.74, 6) is -0.215. The lowest BCUT2D eigenvalue weighted by molar-refractivity contribution is -0.870. The molecule has 0 rings (SSSR count). The predicted octanol–water partition coefficient (Wildman–Crippen LogP) is 10.2. The monoisotopic (exact) mass is 734 g/mol. The lowest BCUT2D eigenvalue weighted by Gasteiger charge is -2.25. The summed E-state index contributed by atoms with van der Waals surface area (Å²) in [5.41, 5.74) is 0. The Kier molecular flexibility index (Phi) is 32.0. The molecule has 9 heteroatoms. The van der Waals surface area contributed by atoms with Gasteiger partial charge in [-0.2, -0.15) is 0 Å². The van der Waals surface area contributed by atoms with Crippen LogP contribution in [0, 0.1) is 0 Å². The number of amides is 1. The van der Waals surface area contributed by atoms with Gasteiger partial charge in [-0.25, -0.2) is 4.57 Å². The standard InChI is InChI=1S/C42H73N2O6P/c1-6-8-10-12-14-16-17-18-19-20-21-22-23-24-25-26-27-28-30-32-34-36-42(46)43-40(39-50-51(47,48)49-38-37-44(3,4)5)41(45)35-33-31-29-15-13-11-9-7-2/h8,10,13-16,18-19,21-22,24-25,33,35,40-41,45H,6-7,9,11-12,17,20,23,26-32,34,36-39H2,1-5H3,(H-,43,46,47,48)/p+1/b10-8-,15-13+,16-14-,19-18-,22-21-,25-24-,35-33+. The summed E-state index contributed by atoms with van der Waals surface area (Å²) in [5, 5.41) is 13.6.